The van der Waals surface area contributed by atoms with Gasteiger partial charge >= 0.3 is 0 Å². The van der Waals surface area contributed by atoms with Crippen LogP contribution in [0.1, 0.15) is 19.4 Å². The first-order chi connectivity index (χ1) is 12.7. The van der Waals surface area contributed by atoms with E-state index in [-0.39, 0.29) is 17.3 Å². The van der Waals surface area contributed by atoms with E-state index in [1.165, 1.54) is 38.2 Å². The summed E-state index contributed by atoms with van der Waals surface area (Å²) < 4.78 is 26.2. The molecule has 2 aromatic carbocycles. The molecule has 0 aliphatic carbocycles. The van der Waals surface area contributed by atoms with Crippen molar-refractivity contribution >= 4 is 33.2 Å². The second-order valence-corrected chi connectivity index (χ2v) is 8.11. The highest BCUT2D eigenvalue weighted by Gasteiger charge is 2.23. The standard InChI is InChI=1S/C19H23N3O4S/c1-4-15-5-7-17(8-6-15)21-19(24)13-22(3)27(25,26)18-11-9-16(10-12-18)20-14(2)23/h5-12H,4,13H2,1-3H3,(H,20,23)(H,21,24). The zero-order valence-electron chi connectivity index (χ0n) is 15.5. The minimum atomic E-state index is -3.82. The average molecular weight is 389 g/mol. The van der Waals surface area contributed by atoms with E-state index in [9.17, 15) is 18.0 Å². The molecule has 2 aromatic rings. The molecule has 2 rings (SSSR count). The average Bonchev–Trinajstić information content (AvgIpc) is 2.62. The van der Waals surface area contributed by atoms with Gasteiger partial charge in [-0.25, -0.2) is 8.42 Å². The Labute approximate surface area is 159 Å². The van der Waals surface area contributed by atoms with Crippen molar-refractivity contribution in [3.63, 3.8) is 0 Å². The van der Waals surface area contributed by atoms with Crippen molar-refractivity contribution in [2.75, 3.05) is 24.2 Å². The van der Waals surface area contributed by atoms with Gasteiger partial charge in [0.25, 0.3) is 0 Å². The van der Waals surface area contributed by atoms with E-state index in [0.717, 1.165) is 16.3 Å². The molecule has 0 saturated heterocycles. The SMILES string of the molecule is CCc1ccc(NC(=O)CN(C)S(=O)(=O)c2ccc(NC(C)=O)cc2)cc1. The van der Waals surface area contributed by atoms with Crippen LogP contribution in [0.25, 0.3) is 0 Å². The molecule has 0 aromatic heterocycles. The molecule has 7 nitrogen and oxygen atoms in total. The van der Waals surface area contributed by atoms with Crippen molar-refractivity contribution in [2.24, 2.45) is 0 Å². The van der Waals surface area contributed by atoms with Gasteiger partial charge in [0.05, 0.1) is 11.4 Å². The fourth-order valence-corrected chi connectivity index (χ4v) is 3.53. The van der Waals surface area contributed by atoms with Crippen LogP contribution >= 0.6 is 0 Å². The zero-order chi connectivity index (χ0) is 20.0. The van der Waals surface area contributed by atoms with Gasteiger partial charge in [-0.2, -0.15) is 4.31 Å². The molecule has 0 saturated carbocycles. The highest BCUT2D eigenvalue weighted by Crippen LogP contribution is 2.18. The summed E-state index contributed by atoms with van der Waals surface area (Å²) in [6.45, 7) is 3.09. The molecule has 8 heteroatoms. The molecule has 0 atom stereocenters. The number of nitrogens with one attached hydrogen (secondary N) is 2. The van der Waals surface area contributed by atoms with E-state index in [4.69, 9.17) is 0 Å². The minimum Gasteiger partial charge on any atom is -0.326 e. The second-order valence-electron chi connectivity index (χ2n) is 6.07. The number of likely N-dealkylation sites (N-methyl/N-ethyl adjacent to an activating group) is 1. The fourth-order valence-electron chi connectivity index (χ4n) is 2.40. The summed E-state index contributed by atoms with van der Waals surface area (Å²) in [5.74, 6) is -0.674. The molecular formula is C19H23N3O4S. The third kappa shape index (κ3) is 5.63. The lowest BCUT2D eigenvalue weighted by molar-refractivity contribution is -0.116. The minimum absolute atomic E-state index is 0.0409. The first-order valence-electron chi connectivity index (χ1n) is 8.45. The molecule has 0 radical (unpaired) electrons. The normalized spacial score (nSPS) is 11.3. The third-order valence-electron chi connectivity index (χ3n) is 3.90. The summed E-state index contributed by atoms with van der Waals surface area (Å²) in [5.41, 5.74) is 2.26. The number of aryl methyl sites for hydroxylation is 1. The monoisotopic (exact) mass is 389 g/mol. The largest absolute Gasteiger partial charge is 0.326 e. The van der Waals surface area contributed by atoms with Crippen LogP contribution in [0.4, 0.5) is 11.4 Å². The first-order valence-corrected chi connectivity index (χ1v) is 9.89. The number of nitrogens with zero attached hydrogens (tertiary/aromatic N) is 1. The van der Waals surface area contributed by atoms with Crippen molar-refractivity contribution in [3.05, 3.63) is 54.1 Å². The summed E-state index contributed by atoms with van der Waals surface area (Å²) in [6, 6.07) is 13.2. The number of amides is 2. The quantitative estimate of drug-likeness (QED) is 0.760. The number of benzene rings is 2. The number of anilines is 2. The molecule has 2 N–H and O–H groups in total. The maximum absolute atomic E-state index is 12.6. The Kier molecular flexibility index (Phi) is 6.70. The third-order valence-corrected chi connectivity index (χ3v) is 5.71. The number of sulfonamides is 1. The summed E-state index contributed by atoms with van der Waals surface area (Å²) in [7, 11) is -2.48. The topological polar surface area (TPSA) is 95.6 Å². The molecule has 0 bridgehead atoms. The van der Waals surface area contributed by atoms with Crippen LogP contribution in [0.5, 0.6) is 0 Å². The van der Waals surface area contributed by atoms with Gasteiger partial charge in [-0.15, -0.1) is 0 Å². The van der Waals surface area contributed by atoms with Crippen LogP contribution in [0.3, 0.4) is 0 Å². The van der Waals surface area contributed by atoms with Gasteiger partial charge in [0, 0.05) is 25.3 Å². The van der Waals surface area contributed by atoms with Gasteiger partial charge in [0.15, 0.2) is 0 Å². The molecule has 0 spiro atoms. The van der Waals surface area contributed by atoms with E-state index in [1.807, 2.05) is 19.1 Å². The first kappa shape index (κ1) is 20.6. The molecule has 27 heavy (non-hydrogen) atoms. The van der Waals surface area contributed by atoms with Gasteiger partial charge < -0.3 is 10.6 Å². The van der Waals surface area contributed by atoms with Crippen LogP contribution < -0.4 is 10.6 Å². The van der Waals surface area contributed by atoms with E-state index in [2.05, 4.69) is 10.6 Å². The van der Waals surface area contributed by atoms with Crippen molar-refractivity contribution < 1.29 is 18.0 Å². The van der Waals surface area contributed by atoms with Crippen molar-refractivity contribution in [1.29, 1.82) is 0 Å². The van der Waals surface area contributed by atoms with Gasteiger partial charge in [0.2, 0.25) is 21.8 Å². The van der Waals surface area contributed by atoms with Crippen molar-refractivity contribution in [2.45, 2.75) is 25.2 Å². The lowest BCUT2D eigenvalue weighted by Crippen LogP contribution is -2.34. The van der Waals surface area contributed by atoms with Crippen LogP contribution in [-0.4, -0.2) is 38.1 Å². The Balaban J connectivity index is 2.02. The smallest absolute Gasteiger partial charge is 0.243 e. The predicted octanol–water partition coefficient (Wildman–Crippen LogP) is 2.47. The zero-order valence-corrected chi connectivity index (χ0v) is 16.3. The fraction of sp³-hybridized carbons (Fsp3) is 0.263. The Morgan fingerprint density at radius 2 is 1.44 bits per heavy atom. The van der Waals surface area contributed by atoms with Gasteiger partial charge in [-0.1, -0.05) is 19.1 Å². The molecule has 0 heterocycles. The van der Waals surface area contributed by atoms with Gasteiger partial charge in [-0.05, 0) is 48.4 Å². The Morgan fingerprint density at radius 3 is 1.96 bits per heavy atom. The van der Waals surface area contributed by atoms with Gasteiger partial charge in [-0.3, -0.25) is 9.59 Å². The van der Waals surface area contributed by atoms with Crippen LogP contribution in [0.2, 0.25) is 0 Å². The van der Waals surface area contributed by atoms with E-state index < -0.39 is 15.9 Å². The molecule has 0 aliphatic heterocycles. The number of hydrogen-bond donors (Lipinski definition) is 2. The van der Waals surface area contributed by atoms with Crippen molar-refractivity contribution in [3.8, 4) is 0 Å². The predicted molar refractivity (Wildman–Crippen MR) is 105 cm³/mol. The highest BCUT2D eigenvalue weighted by molar-refractivity contribution is 7.89. The molecule has 2 amide bonds. The van der Waals surface area contributed by atoms with E-state index in [1.54, 1.807) is 12.1 Å². The molecule has 0 fully saturated rings. The molecular weight excluding hydrogens is 366 g/mol. The van der Waals surface area contributed by atoms with E-state index in [0.29, 0.717) is 11.4 Å². The Morgan fingerprint density at radius 1 is 0.926 bits per heavy atom. The van der Waals surface area contributed by atoms with Crippen LogP contribution in [-0.2, 0) is 26.0 Å². The molecule has 0 unspecified atom stereocenters. The van der Waals surface area contributed by atoms with Crippen LogP contribution in [0, 0.1) is 0 Å². The van der Waals surface area contributed by atoms with Crippen molar-refractivity contribution in [1.82, 2.24) is 4.31 Å². The molecule has 144 valence electrons. The molecule has 0 aliphatic rings. The summed E-state index contributed by atoms with van der Waals surface area (Å²) >= 11 is 0. The maximum Gasteiger partial charge on any atom is 0.243 e. The highest BCUT2D eigenvalue weighted by atomic mass is 32.2. The summed E-state index contributed by atoms with van der Waals surface area (Å²) in [6.07, 6.45) is 0.899. The number of carbonyl (C=O) groups is 2. The second kappa shape index (κ2) is 8.79. The summed E-state index contributed by atoms with van der Waals surface area (Å²) in [5, 5.41) is 5.25. The lowest BCUT2D eigenvalue weighted by Gasteiger charge is -2.17. The van der Waals surface area contributed by atoms with E-state index >= 15 is 0 Å². The number of rotatable bonds is 7. The lowest BCUT2D eigenvalue weighted by atomic mass is 10.1. The number of carbonyl (C=O) groups excluding carboxylic acids is 2. The Bertz CT molecular complexity index is 907. The number of hydrogen-bond acceptors (Lipinski definition) is 4. The van der Waals surface area contributed by atoms with Gasteiger partial charge in [0.1, 0.15) is 0 Å². The Hall–Kier alpha value is -2.71. The maximum atomic E-state index is 12.6. The summed E-state index contributed by atoms with van der Waals surface area (Å²) in [4.78, 5) is 23.2. The van der Waals surface area contributed by atoms with Crippen LogP contribution in [0.15, 0.2) is 53.4 Å².